The standard InChI is InChI=1S/C30H28N4O3/c1-18-9-11-22(12-10-18)32-29(36)25-17-21-15-19-6-3-13-34-14-4-8-24(26(19)34)27(21)37-30(25)33-23-7-2-5-20(16-23)28(31)35/h2,5,7,9-12,15-17H,3-4,6,8,13-14H2,1H3,(H2,31,35)(H,32,36). The van der Waals surface area contributed by atoms with Crippen LogP contribution in [0.2, 0.25) is 0 Å². The molecule has 3 heterocycles. The second-order valence-electron chi connectivity index (χ2n) is 9.79. The van der Waals surface area contributed by atoms with Crippen molar-refractivity contribution in [1.82, 2.24) is 0 Å². The van der Waals surface area contributed by atoms with Crippen molar-refractivity contribution in [2.45, 2.75) is 32.6 Å². The van der Waals surface area contributed by atoms with E-state index in [2.05, 4.69) is 21.3 Å². The summed E-state index contributed by atoms with van der Waals surface area (Å²) in [5.41, 5.74) is 13.2. The number of anilines is 2. The van der Waals surface area contributed by atoms with Crippen molar-refractivity contribution < 1.29 is 14.0 Å². The molecule has 0 saturated heterocycles. The molecule has 0 radical (unpaired) electrons. The van der Waals surface area contributed by atoms with E-state index in [1.165, 1.54) is 16.8 Å². The lowest BCUT2D eigenvalue weighted by molar-refractivity contribution is 0.0997. The van der Waals surface area contributed by atoms with Gasteiger partial charge in [-0.05, 0) is 80.6 Å². The molecule has 0 fully saturated rings. The number of carbonyl (C=O) groups excluding carboxylic acids is 2. The van der Waals surface area contributed by atoms with Crippen LogP contribution in [-0.2, 0) is 12.8 Å². The molecule has 2 aliphatic rings. The largest absolute Gasteiger partial charge is 0.437 e. The van der Waals surface area contributed by atoms with Crippen LogP contribution in [0.3, 0.4) is 0 Å². The molecule has 3 aromatic carbocycles. The maximum Gasteiger partial charge on any atom is 0.261 e. The number of nitrogens with zero attached hydrogens (tertiary/aromatic N) is 2. The Kier molecular flexibility index (Phi) is 5.75. The fraction of sp³-hybridized carbons (Fsp3) is 0.233. The van der Waals surface area contributed by atoms with Crippen LogP contribution in [0.15, 0.2) is 70.1 Å². The zero-order valence-electron chi connectivity index (χ0n) is 20.7. The minimum absolute atomic E-state index is 0.197. The van der Waals surface area contributed by atoms with E-state index in [9.17, 15) is 9.59 Å². The van der Waals surface area contributed by atoms with Gasteiger partial charge in [0.05, 0.1) is 5.69 Å². The van der Waals surface area contributed by atoms with Crippen molar-refractivity contribution in [3.63, 3.8) is 0 Å². The van der Waals surface area contributed by atoms with Gasteiger partial charge in [-0.15, -0.1) is 0 Å². The average molecular weight is 493 g/mol. The van der Waals surface area contributed by atoms with E-state index in [4.69, 9.17) is 10.2 Å². The number of carbonyl (C=O) groups is 2. The van der Waals surface area contributed by atoms with E-state index >= 15 is 0 Å². The Hall–Kier alpha value is -4.39. The number of hydrogen-bond acceptors (Lipinski definition) is 5. The van der Waals surface area contributed by atoms with E-state index in [1.807, 2.05) is 37.3 Å². The van der Waals surface area contributed by atoms with E-state index in [-0.39, 0.29) is 11.5 Å². The lowest BCUT2D eigenvalue weighted by Gasteiger charge is -2.37. The molecule has 0 saturated carbocycles. The van der Waals surface area contributed by atoms with Crippen molar-refractivity contribution in [2.75, 3.05) is 23.3 Å². The van der Waals surface area contributed by atoms with Gasteiger partial charge in [0.15, 0.2) is 0 Å². The van der Waals surface area contributed by atoms with Crippen LogP contribution in [0.1, 0.15) is 50.2 Å². The lowest BCUT2D eigenvalue weighted by atomic mass is 9.90. The third kappa shape index (κ3) is 4.37. The summed E-state index contributed by atoms with van der Waals surface area (Å²) in [6.07, 6.45) is 4.13. The minimum Gasteiger partial charge on any atom is -0.437 e. The molecule has 0 aliphatic carbocycles. The smallest absolute Gasteiger partial charge is 0.261 e. The molecule has 186 valence electrons. The number of fused-ring (bicyclic) bond motifs is 2. The predicted molar refractivity (Wildman–Crippen MR) is 144 cm³/mol. The number of benzene rings is 3. The Balaban J connectivity index is 1.55. The first-order valence-electron chi connectivity index (χ1n) is 12.7. The molecule has 7 nitrogen and oxygen atoms in total. The van der Waals surface area contributed by atoms with Crippen LogP contribution >= 0.6 is 0 Å². The van der Waals surface area contributed by atoms with Gasteiger partial charge in [-0.2, -0.15) is 0 Å². The first-order valence-corrected chi connectivity index (χ1v) is 12.7. The molecule has 0 spiro atoms. The average Bonchev–Trinajstić information content (AvgIpc) is 2.90. The van der Waals surface area contributed by atoms with Crippen molar-refractivity contribution in [2.24, 2.45) is 10.7 Å². The third-order valence-electron chi connectivity index (χ3n) is 7.15. The highest BCUT2D eigenvalue weighted by Gasteiger charge is 2.27. The molecular weight excluding hydrogens is 464 g/mol. The molecule has 3 N–H and O–H groups in total. The van der Waals surface area contributed by atoms with Crippen molar-refractivity contribution >= 4 is 39.8 Å². The van der Waals surface area contributed by atoms with Crippen LogP contribution in [0.5, 0.6) is 0 Å². The molecule has 6 rings (SSSR count). The third-order valence-corrected chi connectivity index (χ3v) is 7.15. The molecule has 37 heavy (non-hydrogen) atoms. The summed E-state index contributed by atoms with van der Waals surface area (Å²) in [5, 5.41) is 3.87. The molecule has 2 aliphatic heterocycles. The molecule has 2 amide bonds. The fourth-order valence-corrected chi connectivity index (χ4v) is 5.38. The van der Waals surface area contributed by atoms with Gasteiger partial charge in [-0.1, -0.05) is 23.8 Å². The zero-order chi connectivity index (χ0) is 25.5. The van der Waals surface area contributed by atoms with Crippen LogP contribution < -0.4 is 21.5 Å². The molecule has 0 unspecified atom stereocenters. The fourth-order valence-electron chi connectivity index (χ4n) is 5.38. The van der Waals surface area contributed by atoms with Gasteiger partial charge in [0.2, 0.25) is 11.5 Å². The lowest BCUT2D eigenvalue weighted by Crippen LogP contribution is -2.34. The van der Waals surface area contributed by atoms with Gasteiger partial charge in [0, 0.05) is 41.0 Å². The molecule has 1 aromatic heterocycles. The molecule has 4 aromatic rings. The first-order chi connectivity index (χ1) is 18.0. The molecule has 0 bridgehead atoms. The number of nitrogens with one attached hydrogen (secondary N) is 1. The molecule has 0 atom stereocenters. The second-order valence-corrected chi connectivity index (χ2v) is 9.79. The van der Waals surface area contributed by atoms with Gasteiger partial charge in [-0.3, -0.25) is 9.59 Å². The topological polar surface area (TPSA) is 101 Å². The first kappa shape index (κ1) is 23.0. The highest BCUT2D eigenvalue weighted by molar-refractivity contribution is 6.06. The Morgan fingerprint density at radius 2 is 1.78 bits per heavy atom. The highest BCUT2D eigenvalue weighted by Crippen LogP contribution is 2.39. The van der Waals surface area contributed by atoms with E-state index in [1.54, 1.807) is 24.3 Å². The normalized spacial score (nSPS) is 14.9. The van der Waals surface area contributed by atoms with Crippen molar-refractivity contribution in [1.29, 1.82) is 0 Å². The Labute approximate surface area is 214 Å². The van der Waals surface area contributed by atoms with Gasteiger partial charge in [0.1, 0.15) is 11.1 Å². The predicted octanol–water partition coefficient (Wildman–Crippen LogP) is 5.02. The highest BCUT2D eigenvalue weighted by atomic mass is 16.3. The maximum atomic E-state index is 13.5. The monoisotopic (exact) mass is 492 g/mol. The summed E-state index contributed by atoms with van der Waals surface area (Å²) in [5.74, 6) is -0.853. The number of nitrogens with two attached hydrogens (primary N) is 1. The van der Waals surface area contributed by atoms with E-state index in [0.29, 0.717) is 22.5 Å². The number of primary amides is 1. The Bertz CT molecular complexity index is 1620. The van der Waals surface area contributed by atoms with Crippen molar-refractivity contribution in [3.8, 4) is 0 Å². The summed E-state index contributed by atoms with van der Waals surface area (Å²) in [6, 6.07) is 18.4. The Morgan fingerprint density at radius 3 is 2.57 bits per heavy atom. The molecule has 7 heteroatoms. The second kappa shape index (κ2) is 9.24. The van der Waals surface area contributed by atoms with E-state index in [0.717, 1.165) is 55.3 Å². The summed E-state index contributed by atoms with van der Waals surface area (Å²) in [6.45, 7) is 4.11. The van der Waals surface area contributed by atoms with Gasteiger partial charge in [0.25, 0.3) is 5.91 Å². The van der Waals surface area contributed by atoms with Crippen LogP contribution in [-0.4, -0.2) is 24.9 Å². The van der Waals surface area contributed by atoms with Crippen LogP contribution in [0, 0.1) is 6.92 Å². The zero-order valence-corrected chi connectivity index (χ0v) is 20.7. The Morgan fingerprint density at radius 1 is 1.00 bits per heavy atom. The SMILES string of the molecule is Cc1ccc(NC(=O)c2cc3cc4c5c(c3oc2=Nc2cccc(C(N)=O)c2)CCCN5CCC4)cc1. The maximum absolute atomic E-state index is 13.5. The number of amides is 2. The summed E-state index contributed by atoms with van der Waals surface area (Å²) < 4.78 is 6.48. The van der Waals surface area contributed by atoms with Gasteiger partial charge >= 0.3 is 0 Å². The van der Waals surface area contributed by atoms with Gasteiger partial charge < -0.3 is 20.4 Å². The number of aryl methyl sites for hydroxylation is 3. The number of rotatable bonds is 4. The van der Waals surface area contributed by atoms with Crippen LogP contribution in [0.4, 0.5) is 17.1 Å². The minimum atomic E-state index is -0.541. The van der Waals surface area contributed by atoms with Crippen molar-refractivity contribution in [3.05, 3.63) is 94.0 Å². The van der Waals surface area contributed by atoms with Gasteiger partial charge in [-0.25, -0.2) is 4.99 Å². The summed E-state index contributed by atoms with van der Waals surface area (Å²) in [7, 11) is 0. The molecular formula is C30H28N4O3. The summed E-state index contributed by atoms with van der Waals surface area (Å²) in [4.78, 5) is 32.4. The summed E-state index contributed by atoms with van der Waals surface area (Å²) >= 11 is 0. The van der Waals surface area contributed by atoms with E-state index < -0.39 is 5.91 Å². The quantitative estimate of drug-likeness (QED) is 0.418. The van der Waals surface area contributed by atoms with Crippen LogP contribution in [0.25, 0.3) is 11.0 Å². The number of hydrogen-bond donors (Lipinski definition) is 2.